The number of benzene rings is 1. The molecular weight excluding hydrogens is 363 g/mol. The molecule has 2 heterocycles. The number of carbonyl (C=O) groups is 1. The number of hydrogen-bond acceptors (Lipinski definition) is 4. The van der Waals surface area contributed by atoms with Crippen molar-refractivity contribution in [1.82, 2.24) is 4.90 Å². The minimum Gasteiger partial charge on any atom is -0.338 e. The molecule has 8 heteroatoms. The summed E-state index contributed by atoms with van der Waals surface area (Å²) in [5, 5.41) is 0. The normalized spacial score (nSPS) is 17.2. The summed E-state index contributed by atoms with van der Waals surface area (Å²) in [4.78, 5) is 15.0. The van der Waals surface area contributed by atoms with Gasteiger partial charge in [0.25, 0.3) is 10.0 Å². The fourth-order valence-corrected chi connectivity index (χ4v) is 5.56. The first-order valence-corrected chi connectivity index (χ1v) is 10.4. The fraction of sp³-hybridized carbons (Fsp3) is 0.353. The highest BCUT2D eigenvalue weighted by Crippen LogP contribution is 2.36. The van der Waals surface area contributed by atoms with E-state index in [1.807, 2.05) is 4.90 Å². The molecule has 4 rings (SSSR count). The van der Waals surface area contributed by atoms with Crippen LogP contribution in [0.3, 0.4) is 0 Å². The zero-order valence-corrected chi connectivity index (χ0v) is 15.0. The number of carbonyl (C=O) groups excluding carboxylic acids is 1. The molecule has 1 aliphatic heterocycles. The molecule has 0 bridgehead atoms. The molecule has 1 aromatic heterocycles. The molecule has 1 aromatic carbocycles. The number of rotatable bonds is 4. The van der Waals surface area contributed by atoms with Crippen molar-refractivity contribution < 1.29 is 17.6 Å². The number of fused-ring (bicyclic) bond motifs is 1. The van der Waals surface area contributed by atoms with Gasteiger partial charge in [-0.15, -0.1) is 11.3 Å². The second-order valence-corrected chi connectivity index (χ2v) is 9.43. The molecule has 25 heavy (non-hydrogen) atoms. The lowest BCUT2D eigenvalue weighted by molar-refractivity contribution is -0.133. The molecule has 1 aliphatic carbocycles. The standard InChI is InChI=1S/C17H17FN2O3S2/c18-13-3-1-2-4-14(13)19-25(22,23)16-9-12-10-20(8-7-15(12)24-16)17(21)11-5-6-11/h1-4,9,11,19H,5-8,10H2. The number of nitrogens with one attached hydrogen (secondary N) is 1. The summed E-state index contributed by atoms with van der Waals surface area (Å²) in [6.07, 6.45) is 2.57. The number of anilines is 1. The van der Waals surface area contributed by atoms with Crippen molar-refractivity contribution in [3.63, 3.8) is 0 Å². The first-order valence-electron chi connectivity index (χ1n) is 8.12. The van der Waals surface area contributed by atoms with Gasteiger partial charge in [-0.25, -0.2) is 12.8 Å². The molecular formula is C17H17FN2O3S2. The van der Waals surface area contributed by atoms with E-state index in [2.05, 4.69) is 4.72 Å². The van der Waals surface area contributed by atoms with Crippen molar-refractivity contribution in [2.75, 3.05) is 11.3 Å². The highest BCUT2D eigenvalue weighted by Gasteiger charge is 2.35. The molecule has 1 saturated carbocycles. The van der Waals surface area contributed by atoms with Crippen LogP contribution in [-0.4, -0.2) is 25.8 Å². The average molecular weight is 380 g/mol. The number of thiophene rings is 1. The van der Waals surface area contributed by atoms with Gasteiger partial charge in [-0.2, -0.15) is 0 Å². The smallest absolute Gasteiger partial charge is 0.271 e. The van der Waals surface area contributed by atoms with Crippen molar-refractivity contribution in [1.29, 1.82) is 0 Å². The molecule has 2 aromatic rings. The topological polar surface area (TPSA) is 66.5 Å². The van der Waals surface area contributed by atoms with Crippen LogP contribution in [-0.2, 0) is 27.8 Å². The third kappa shape index (κ3) is 3.28. The van der Waals surface area contributed by atoms with Gasteiger partial charge >= 0.3 is 0 Å². The van der Waals surface area contributed by atoms with Crippen LogP contribution in [0.25, 0.3) is 0 Å². The SMILES string of the molecule is O=C(C1CC1)N1CCc2sc(S(=O)(=O)Nc3ccccc3F)cc2C1. The summed E-state index contributed by atoms with van der Waals surface area (Å²) < 4.78 is 41.3. The van der Waals surface area contributed by atoms with E-state index in [9.17, 15) is 17.6 Å². The van der Waals surface area contributed by atoms with Crippen molar-refractivity contribution >= 4 is 33.0 Å². The molecule has 1 fully saturated rings. The van der Waals surface area contributed by atoms with Crippen LogP contribution in [0.1, 0.15) is 23.3 Å². The quantitative estimate of drug-likeness (QED) is 0.887. The first-order chi connectivity index (χ1) is 11.9. The molecule has 132 valence electrons. The van der Waals surface area contributed by atoms with Gasteiger partial charge < -0.3 is 4.90 Å². The Morgan fingerprint density at radius 1 is 1.28 bits per heavy atom. The van der Waals surface area contributed by atoms with Gasteiger partial charge in [0, 0.05) is 23.9 Å². The summed E-state index contributed by atoms with van der Waals surface area (Å²) in [6.45, 7) is 1.08. The second kappa shape index (κ2) is 6.10. The van der Waals surface area contributed by atoms with Gasteiger partial charge in [0.05, 0.1) is 5.69 Å². The Hall–Kier alpha value is -1.93. The van der Waals surface area contributed by atoms with Gasteiger partial charge in [-0.1, -0.05) is 12.1 Å². The molecule has 0 unspecified atom stereocenters. The Labute approximate surface area is 149 Å². The molecule has 0 radical (unpaired) electrons. The molecule has 0 atom stereocenters. The Balaban J connectivity index is 1.56. The summed E-state index contributed by atoms with van der Waals surface area (Å²) in [7, 11) is -3.85. The van der Waals surface area contributed by atoms with Crippen LogP contribution in [0.15, 0.2) is 34.5 Å². The second-order valence-electron chi connectivity index (χ2n) is 6.38. The zero-order chi connectivity index (χ0) is 17.6. The van der Waals surface area contributed by atoms with E-state index in [1.165, 1.54) is 29.5 Å². The van der Waals surface area contributed by atoms with Crippen molar-refractivity contribution in [2.24, 2.45) is 5.92 Å². The van der Waals surface area contributed by atoms with E-state index in [0.29, 0.717) is 19.5 Å². The Morgan fingerprint density at radius 2 is 2.04 bits per heavy atom. The van der Waals surface area contributed by atoms with Gasteiger partial charge in [-0.3, -0.25) is 9.52 Å². The van der Waals surface area contributed by atoms with Crippen molar-refractivity contribution in [2.45, 2.75) is 30.0 Å². The first kappa shape index (κ1) is 16.5. The molecule has 0 saturated heterocycles. The lowest BCUT2D eigenvalue weighted by Gasteiger charge is -2.26. The van der Waals surface area contributed by atoms with E-state index in [1.54, 1.807) is 12.1 Å². The Bertz CT molecular complexity index is 935. The van der Waals surface area contributed by atoms with Crippen LogP contribution in [0, 0.1) is 11.7 Å². The highest BCUT2D eigenvalue weighted by atomic mass is 32.2. The lowest BCUT2D eigenvalue weighted by Crippen LogP contribution is -2.36. The number of halogens is 1. The maximum atomic E-state index is 13.7. The van der Waals surface area contributed by atoms with Crippen molar-refractivity contribution in [3.05, 3.63) is 46.6 Å². The number of hydrogen-bond donors (Lipinski definition) is 1. The summed E-state index contributed by atoms with van der Waals surface area (Å²) in [6, 6.07) is 7.27. The zero-order valence-electron chi connectivity index (χ0n) is 13.4. The molecule has 1 N–H and O–H groups in total. The predicted molar refractivity (Wildman–Crippen MR) is 93.4 cm³/mol. The van der Waals surface area contributed by atoms with Gasteiger partial charge in [0.1, 0.15) is 10.0 Å². The lowest BCUT2D eigenvalue weighted by atomic mass is 10.1. The Kier molecular flexibility index (Phi) is 4.04. The van der Waals surface area contributed by atoms with E-state index in [0.717, 1.165) is 23.3 Å². The summed E-state index contributed by atoms with van der Waals surface area (Å²) in [5.74, 6) is -0.287. The molecule has 1 amide bonds. The molecule has 5 nitrogen and oxygen atoms in total. The van der Waals surface area contributed by atoms with Gasteiger partial charge in [0.2, 0.25) is 5.91 Å². The van der Waals surface area contributed by atoms with E-state index in [4.69, 9.17) is 0 Å². The highest BCUT2D eigenvalue weighted by molar-refractivity contribution is 7.94. The summed E-state index contributed by atoms with van der Waals surface area (Å²) >= 11 is 1.19. The maximum Gasteiger partial charge on any atom is 0.271 e. The fourth-order valence-electron chi connectivity index (χ4n) is 2.95. The summed E-state index contributed by atoms with van der Waals surface area (Å²) in [5.41, 5.74) is 0.804. The third-order valence-corrected chi connectivity index (χ3v) is 7.54. The van der Waals surface area contributed by atoms with E-state index < -0.39 is 15.8 Å². The number of amides is 1. The number of nitrogens with zero attached hydrogens (tertiary/aromatic N) is 1. The third-order valence-electron chi connectivity index (χ3n) is 4.47. The van der Waals surface area contributed by atoms with Gasteiger partial charge in [0.15, 0.2) is 0 Å². The van der Waals surface area contributed by atoms with Crippen LogP contribution in [0.2, 0.25) is 0 Å². The van der Waals surface area contributed by atoms with Crippen LogP contribution in [0.4, 0.5) is 10.1 Å². The number of para-hydroxylation sites is 1. The average Bonchev–Trinajstić information content (AvgIpc) is 3.34. The van der Waals surface area contributed by atoms with Gasteiger partial charge in [-0.05, 0) is 43.0 Å². The van der Waals surface area contributed by atoms with Crippen LogP contribution >= 0.6 is 11.3 Å². The van der Waals surface area contributed by atoms with Crippen LogP contribution in [0.5, 0.6) is 0 Å². The van der Waals surface area contributed by atoms with Crippen molar-refractivity contribution in [3.8, 4) is 0 Å². The minimum atomic E-state index is -3.85. The monoisotopic (exact) mass is 380 g/mol. The predicted octanol–water partition coefficient (Wildman–Crippen LogP) is 2.98. The largest absolute Gasteiger partial charge is 0.338 e. The maximum absolute atomic E-state index is 13.7. The van der Waals surface area contributed by atoms with Crippen LogP contribution < -0.4 is 4.72 Å². The van der Waals surface area contributed by atoms with E-state index >= 15 is 0 Å². The van der Waals surface area contributed by atoms with E-state index in [-0.39, 0.29) is 21.7 Å². The number of sulfonamides is 1. The minimum absolute atomic E-state index is 0.0700. The molecule has 0 spiro atoms. The molecule has 2 aliphatic rings. The Morgan fingerprint density at radius 3 is 2.76 bits per heavy atom.